The number of nitrogens with zero attached hydrogens (tertiary/aromatic N) is 6. The minimum absolute atomic E-state index is 0.140. The normalized spacial score (nSPS) is 21.4. The maximum Gasteiger partial charge on any atom is 0.173 e. The number of likely N-dealkylation sites (N-methyl/N-ethyl adjacent to an activating group) is 1. The summed E-state index contributed by atoms with van der Waals surface area (Å²) >= 11 is 0. The fraction of sp³-hybridized carbons (Fsp3) is 0.667. The van der Waals surface area contributed by atoms with Crippen molar-refractivity contribution >= 4 is 0 Å². The van der Waals surface area contributed by atoms with Crippen molar-refractivity contribution in [1.82, 2.24) is 30.0 Å². The van der Waals surface area contributed by atoms with Crippen LogP contribution in [0.4, 0.5) is 0 Å². The number of piperazine rings is 1. The first-order valence-corrected chi connectivity index (χ1v) is 10.6. The summed E-state index contributed by atoms with van der Waals surface area (Å²) in [7, 11) is 0. The molecule has 1 atom stereocenters. The molecule has 1 aromatic carbocycles. The van der Waals surface area contributed by atoms with Gasteiger partial charge in [0.2, 0.25) is 0 Å². The van der Waals surface area contributed by atoms with Gasteiger partial charge in [-0.1, -0.05) is 56.0 Å². The second kappa shape index (κ2) is 8.48. The number of aryl methyl sites for hydroxylation is 1. The van der Waals surface area contributed by atoms with Gasteiger partial charge in [-0.25, -0.2) is 4.68 Å². The smallest absolute Gasteiger partial charge is 0.173 e. The summed E-state index contributed by atoms with van der Waals surface area (Å²) in [5.41, 5.74) is 2.59. The van der Waals surface area contributed by atoms with Crippen molar-refractivity contribution in [3.63, 3.8) is 0 Å². The van der Waals surface area contributed by atoms with Crippen LogP contribution >= 0.6 is 0 Å². The molecule has 2 aliphatic rings. The molecule has 6 nitrogen and oxygen atoms in total. The second-order valence-corrected chi connectivity index (χ2v) is 8.06. The van der Waals surface area contributed by atoms with Crippen LogP contribution in [-0.4, -0.2) is 62.7 Å². The Hall–Kier alpha value is -1.79. The first-order chi connectivity index (χ1) is 13.3. The van der Waals surface area contributed by atoms with E-state index in [1.54, 1.807) is 0 Å². The highest BCUT2D eigenvalue weighted by Gasteiger charge is 2.32. The Morgan fingerprint density at radius 1 is 1.00 bits per heavy atom. The molecule has 0 spiro atoms. The molecule has 0 bridgehead atoms. The van der Waals surface area contributed by atoms with E-state index in [0.717, 1.165) is 38.5 Å². The summed E-state index contributed by atoms with van der Waals surface area (Å²) in [6, 6.07) is 9.52. The predicted molar refractivity (Wildman–Crippen MR) is 107 cm³/mol. The van der Waals surface area contributed by atoms with Crippen LogP contribution in [-0.2, 0) is 0 Å². The molecule has 2 aromatic rings. The van der Waals surface area contributed by atoms with Gasteiger partial charge < -0.3 is 4.90 Å². The summed E-state index contributed by atoms with van der Waals surface area (Å²) in [6.45, 7) is 9.87. The molecular weight excluding hydrogens is 336 g/mol. The summed E-state index contributed by atoms with van der Waals surface area (Å²) in [6.07, 6.45) is 6.31. The Morgan fingerprint density at radius 3 is 2.37 bits per heavy atom. The van der Waals surface area contributed by atoms with Crippen LogP contribution in [0.5, 0.6) is 0 Å². The standard InChI is InChI=1S/C21H32N6/c1-3-25-13-15-26(16-14-25)20(18-11-9-17(2)10-12-18)21-22-23-24-27(21)19-7-5-4-6-8-19/h9-12,19-20H,3-8,13-16H2,1-2H3/t20-/m0/s1. The highest BCUT2D eigenvalue weighted by molar-refractivity contribution is 5.28. The molecule has 1 aromatic heterocycles. The molecule has 0 N–H and O–H groups in total. The van der Waals surface area contributed by atoms with Gasteiger partial charge >= 0.3 is 0 Å². The fourth-order valence-corrected chi connectivity index (χ4v) is 4.58. The lowest BCUT2D eigenvalue weighted by molar-refractivity contribution is 0.107. The minimum atomic E-state index is 0.140. The van der Waals surface area contributed by atoms with Crippen molar-refractivity contribution in [3.8, 4) is 0 Å². The summed E-state index contributed by atoms with van der Waals surface area (Å²) in [5.74, 6) is 1.02. The Labute approximate surface area is 162 Å². The highest BCUT2D eigenvalue weighted by atomic mass is 15.6. The largest absolute Gasteiger partial charge is 0.301 e. The summed E-state index contributed by atoms with van der Waals surface area (Å²) in [5, 5.41) is 13.1. The van der Waals surface area contributed by atoms with E-state index in [1.807, 2.05) is 0 Å². The van der Waals surface area contributed by atoms with Crippen molar-refractivity contribution < 1.29 is 0 Å². The molecule has 2 heterocycles. The van der Waals surface area contributed by atoms with Crippen LogP contribution in [0.2, 0.25) is 0 Å². The lowest BCUT2D eigenvalue weighted by atomic mass is 9.95. The van der Waals surface area contributed by atoms with Gasteiger partial charge in [-0.2, -0.15) is 0 Å². The van der Waals surface area contributed by atoms with Gasteiger partial charge in [0.25, 0.3) is 0 Å². The maximum atomic E-state index is 4.55. The molecule has 0 amide bonds. The first-order valence-electron chi connectivity index (χ1n) is 10.6. The molecule has 6 heteroatoms. The lowest BCUT2D eigenvalue weighted by Crippen LogP contribution is -2.48. The SMILES string of the molecule is CCN1CCN([C@@H](c2ccc(C)cc2)c2nnnn2C2CCCCC2)CC1. The van der Waals surface area contributed by atoms with Crippen LogP contribution < -0.4 is 0 Å². The van der Waals surface area contributed by atoms with Crippen LogP contribution in [0.1, 0.15) is 68.1 Å². The Bertz CT molecular complexity index is 711. The van der Waals surface area contributed by atoms with Crippen LogP contribution in [0, 0.1) is 6.92 Å². The van der Waals surface area contributed by atoms with Gasteiger partial charge in [0.05, 0.1) is 12.1 Å². The molecule has 0 radical (unpaired) electrons. The molecular formula is C21H32N6. The molecule has 1 aliphatic carbocycles. The number of hydrogen-bond acceptors (Lipinski definition) is 5. The van der Waals surface area contributed by atoms with E-state index in [2.05, 4.69) is 68.1 Å². The Kier molecular flexibility index (Phi) is 5.83. The predicted octanol–water partition coefficient (Wildman–Crippen LogP) is 3.21. The zero-order valence-electron chi connectivity index (χ0n) is 16.7. The zero-order chi connectivity index (χ0) is 18.6. The summed E-state index contributed by atoms with van der Waals surface area (Å²) in [4.78, 5) is 5.09. The van der Waals surface area contributed by atoms with Crippen molar-refractivity contribution in [2.45, 2.75) is 58.0 Å². The molecule has 1 aliphatic heterocycles. The van der Waals surface area contributed by atoms with E-state index in [4.69, 9.17) is 0 Å². The average molecular weight is 369 g/mol. The van der Waals surface area contributed by atoms with Crippen molar-refractivity contribution in [1.29, 1.82) is 0 Å². The Balaban J connectivity index is 1.66. The van der Waals surface area contributed by atoms with Crippen molar-refractivity contribution in [2.24, 2.45) is 0 Å². The van der Waals surface area contributed by atoms with E-state index >= 15 is 0 Å². The minimum Gasteiger partial charge on any atom is -0.301 e. The van der Waals surface area contributed by atoms with Crippen molar-refractivity contribution in [2.75, 3.05) is 32.7 Å². The van der Waals surface area contributed by atoms with Gasteiger partial charge in [0, 0.05) is 26.2 Å². The molecule has 0 unspecified atom stereocenters. The molecule has 146 valence electrons. The van der Waals surface area contributed by atoms with E-state index < -0.39 is 0 Å². The van der Waals surface area contributed by atoms with Gasteiger partial charge in [-0.3, -0.25) is 4.90 Å². The van der Waals surface area contributed by atoms with E-state index in [9.17, 15) is 0 Å². The van der Waals surface area contributed by atoms with E-state index in [0.29, 0.717) is 6.04 Å². The van der Waals surface area contributed by atoms with Crippen LogP contribution in [0.25, 0.3) is 0 Å². The molecule has 1 saturated heterocycles. The monoisotopic (exact) mass is 368 g/mol. The maximum absolute atomic E-state index is 4.55. The molecule has 1 saturated carbocycles. The number of benzene rings is 1. The van der Waals surface area contributed by atoms with Gasteiger partial charge in [-0.15, -0.1) is 5.10 Å². The average Bonchev–Trinajstić information content (AvgIpc) is 3.20. The van der Waals surface area contributed by atoms with Crippen molar-refractivity contribution in [3.05, 3.63) is 41.2 Å². The lowest BCUT2D eigenvalue weighted by Gasteiger charge is -2.39. The Morgan fingerprint density at radius 2 is 1.70 bits per heavy atom. The third-order valence-corrected chi connectivity index (χ3v) is 6.30. The quantitative estimate of drug-likeness (QED) is 0.811. The topological polar surface area (TPSA) is 50.1 Å². The number of tetrazole rings is 1. The van der Waals surface area contributed by atoms with Gasteiger partial charge in [0.1, 0.15) is 0 Å². The van der Waals surface area contributed by atoms with Crippen LogP contribution in [0.3, 0.4) is 0 Å². The number of aromatic nitrogens is 4. The van der Waals surface area contributed by atoms with Gasteiger partial charge in [0.15, 0.2) is 5.82 Å². The highest BCUT2D eigenvalue weighted by Crippen LogP contribution is 2.33. The second-order valence-electron chi connectivity index (χ2n) is 8.06. The zero-order valence-corrected chi connectivity index (χ0v) is 16.7. The summed E-state index contributed by atoms with van der Waals surface area (Å²) < 4.78 is 2.15. The van der Waals surface area contributed by atoms with Gasteiger partial charge in [-0.05, 0) is 42.3 Å². The molecule has 2 fully saturated rings. The molecule has 4 rings (SSSR count). The number of hydrogen-bond donors (Lipinski definition) is 0. The molecule has 27 heavy (non-hydrogen) atoms. The fourth-order valence-electron chi connectivity index (χ4n) is 4.58. The third kappa shape index (κ3) is 4.06. The third-order valence-electron chi connectivity index (χ3n) is 6.30. The van der Waals surface area contributed by atoms with E-state index in [1.165, 1.54) is 43.2 Å². The van der Waals surface area contributed by atoms with Crippen LogP contribution in [0.15, 0.2) is 24.3 Å². The first kappa shape index (κ1) is 18.6. The number of rotatable bonds is 5. The van der Waals surface area contributed by atoms with E-state index in [-0.39, 0.29) is 6.04 Å².